The highest BCUT2D eigenvalue weighted by Crippen LogP contribution is 2.31. The Kier molecular flexibility index (Phi) is 5.17. The molecule has 4 rings (SSSR count). The van der Waals surface area contributed by atoms with E-state index in [0.29, 0.717) is 0 Å². The fourth-order valence-corrected chi connectivity index (χ4v) is 3.20. The molecule has 0 bridgehead atoms. The number of hydrogen-bond acceptors (Lipinski definition) is 3. The summed E-state index contributed by atoms with van der Waals surface area (Å²) in [6.45, 7) is 0. The van der Waals surface area contributed by atoms with Crippen LogP contribution in [0, 0.1) is 11.8 Å². The first-order valence-electron chi connectivity index (χ1n) is 9.15. The van der Waals surface area contributed by atoms with Crippen LogP contribution in [-0.4, -0.2) is 10.7 Å². The van der Waals surface area contributed by atoms with Crippen LogP contribution in [0.4, 0.5) is 0 Å². The number of hydrogen-bond donors (Lipinski definition) is 1. The van der Waals surface area contributed by atoms with Crippen molar-refractivity contribution in [3.05, 3.63) is 108 Å². The molecule has 0 saturated heterocycles. The van der Waals surface area contributed by atoms with E-state index in [9.17, 15) is 0 Å². The number of rotatable bonds is 3. The zero-order valence-electron chi connectivity index (χ0n) is 15.0. The predicted molar refractivity (Wildman–Crippen MR) is 111 cm³/mol. The summed E-state index contributed by atoms with van der Waals surface area (Å²) in [5.74, 6) is 7.30. The lowest BCUT2D eigenvalue weighted by molar-refractivity contribution is 0.362. The second-order valence-corrected chi connectivity index (χ2v) is 6.34. The highest BCUT2D eigenvalue weighted by molar-refractivity contribution is 6.00. The number of nitrogens with zero attached hydrogens (tertiary/aromatic N) is 2. The lowest BCUT2D eigenvalue weighted by Crippen LogP contribution is -2.33. The normalized spacial score (nSPS) is 23.1. The van der Waals surface area contributed by atoms with Gasteiger partial charge in [0.15, 0.2) is 5.84 Å². The summed E-state index contributed by atoms with van der Waals surface area (Å²) in [5.41, 5.74) is 6.69. The van der Waals surface area contributed by atoms with E-state index in [0.717, 1.165) is 29.9 Å². The highest BCUT2D eigenvalue weighted by Gasteiger charge is 2.31. The average Bonchev–Trinajstić information content (AvgIpc) is 3.18. The summed E-state index contributed by atoms with van der Waals surface area (Å²) in [5, 5.41) is 4.68. The van der Waals surface area contributed by atoms with Gasteiger partial charge in [0.2, 0.25) is 0 Å². The highest BCUT2D eigenvalue weighted by atomic mass is 15.5. The van der Waals surface area contributed by atoms with Gasteiger partial charge in [-0.05, 0) is 5.56 Å². The lowest BCUT2D eigenvalue weighted by Gasteiger charge is -2.29. The van der Waals surface area contributed by atoms with Gasteiger partial charge in [-0.1, -0.05) is 96.8 Å². The molecule has 1 unspecified atom stereocenters. The van der Waals surface area contributed by atoms with E-state index in [1.54, 1.807) is 0 Å². The molecular weight excluding hydrogens is 330 g/mol. The van der Waals surface area contributed by atoms with Gasteiger partial charge in [-0.25, -0.2) is 0 Å². The van der Waals surface area contributed by atoms with Crippen LogP contribution in [0.1, 0.15) is 30.1 Å². The maximum Gasteiger partial charge on any atom is 0.162 e. The van der Waals surface area contributed by atoms with Gasteiger partial charge >= 0.3 is 0 Å². The summed E-state index contributed by atoms with van der Waals surface area (Å²) in [6, 6.07) is 20.7. The number of benzene rings is 2. The van der Waals surface area contributed by atoms with Crippen molar-refractivity contribution in [1.82, 2.24) is 10.3 Å². The molecule has 0 spiro atoms. The third-order valence-electron chi connectivity index (χ3n) is 4.51. The standard InChI is InChI=1S/C24H21N3/c1-2-4-12-18-22(19-13-5-3-1)27-23(20-14-8-6-9-15-20)25-26-24(27)21-16-10-7-11-17-21/h1-2,4,6-12,14-17,19,23,25H,3,18H2/b2-1-,12-4-,22-19+. The van der Waals surface area contributed by atoms with E-state index in [1.807, 2.05) is 30.3 Å². The zero-order valence-corrected chi connectivity index (χ0v) is 15.0. The smallest absolute Gasteiger partial charge is 0.162 e. The monoisotopic (exact) mass is 351 g/mol. The van der Waals surface area contributed by atoms with E-state index in [-0.39, 0.29) is 6.17 Å². The predicted octanol–water partition coefficient (Wildman–Crippen LogP) is 4.75. The fourth-order valence-electron chi connectivity index (χ4n) is 3.20. The number of allylic oxidation sites excluding steroid dienone is 5. The molecule has 2 aromatic carbocycles. The van der Waals surface area contributed by atoms with Crippen molar-refractivity contribution < 1.29 is 0 Å². The summed E-state index contributed by atoms with van der Waals surface area (Å²) in [6.07, 6.45) is 11.9. The molecule has 0 fully saturated rings. The van der Waals surface area contributed by atoms with Gasteiger partial charge in [0.05, 0.1) is 0 Å². The molecule has 1 heterocycles. The van der Waals surface area contributed by atoms with Crippen LogP contribution < -0.4 is 5.43 Å². The van der Waals surface area contributed by atoms with E-state index in [2.05, 4.69) is 88.0 Å². The quantitative estimate of drug-likeness (QED) is 0.809. The maximum absolute atomic E-state index is 4.68. The third kappa shape index (κ3) is 3.86. The zero-order chi connectivity index (χ0) is 18.3. The largest absolute Gasteiger partial charge is 0.301 e. The Hall–Kier alpha value is -3.51. The molecule has 0 radical (unpaired) electrons. The number of amidine groups is 1. The Morgan fingerprint density at radius 3 is 2.48 bits per heavy atom. The number of nitrogens with one attached hydrogen (secondary N) is 1. The maximum atomic E-state index is 4.68. The first kappa shape index (κ1) is 16.9. The van der Waals surface area contributed by atoms with Gasteiger partial charge in [0.25, 0.3) is 0 Å². The molecule has 0 saturated carbocycles. The summed E-state index contributed by atoms with van der Waals surface area (Å²) < 4.78 is 0. The second-order valence-electron chi connectivity index (χ2n) is 6.34. The molecule has 132 valence electrons. The van der Waals surface area contributed by atoms with Crippen molar-refractivity contribution in [2.75, 3.05) is 0 Å². The molecule has 1 aliphatic carbocycles. The van der Waals surface area contributed by atoms with Crippen molar-refractivity contribution in [3.63, 3.8) is 0 Å². The first-order chi connectivity index (χ1) is 13.4. The van der Waals surface area contributed by atoms with Crippen molar-refractivity contribution in [3.8, 4) is 11.8 Å². The molecule has 27 heavy (non-hydrogen) atoms. The Bertz CT molecular complexity index is 957. The van der Waals surface area contributed by atoms with Crippen LogP contribution in [0.5, 0.6) is 0 Å². The Labute approximate surface area is 160 Å². The molecule has 2 aliphatic rings. The van der Waals surface area contributed by atoms with Gasteiger partial charge < -0.3 is 4.90 Å². The SMILES string of the molecule is C1#CC/C=C\C=C/C/C(N2C(c3ccccc3)=NNC2c2ccccc2)=C\1. The summed E-state index contributed by atoms with van der Waals surface area (Å²) in [4.78, 5) is 2.26. The summed E-state index contributed by atoms with van der Waals surface area (Å²) >= 11 is 0. The average molecular weight is 351 g/mol. The van der Waals surface area contributed by atoms with E-state index < -0.39 is 0 Å². The van der Waals surface area contributed by atoms with E-state index in [1.165, 1.54) is 5.56 Å². The molecule has 0 aromatic heterocycles. The van der Waals surface area contributed by atoms with Crippen LogP contribution in [0.15, 0.2) is 102 Å². The molecule has 1 aliphatic heterocycles. The van der Waals surface area contributed by atoms with Crippen molar-refractivity contribution in [2.45, 2.75) is 19.0 Å². The Balaban J connectivity index is 1.76. The van der Waals surface area contributed by atoms with Gasteiger partial charge in [-0.15, -0.1) is 0 Å². The number of hydrazone groups is 1. The molecular formula is C24H21N3. The molecule has 0 amide bonds. The summed E-state index contributed by atoms with van der Waals surface area (Å²) in [7, 11) is 0. The van der Waals surface area contributed by atoms with Gasteiger partial charge in [0.1, 0.15) is 6.17 Å². The van der Waals surface area contributed by atoms with Crippen LogP contribution in [0.3, 0.4) is 0 Å². The molecule has 3 nitrogen and oxygen atoms in total. The fraction of sp³-hybridized carbons (Fsp3) is 0.125. The van der Waals surface area contributed by atoms with Crippen LogP contribution >= 0.6 is 0 Å². The van der Waals surface area contributed by atoms with Crippen LogP contribution in [0.25, 0.3) is 0 Å². The Morgan fingerprint density at radius 1 is 0.926 bits per heavy atom. The minimum absolute atomic E-state index is 0.0543. The van der Waals surface area contributed by atoms with E-state index in [4.69, 9.17) is 0 Å². The minimum Gasteiger partial charge on any atom is -0.301 e. The van der Waals surface area contributed by atoms with Crippen LogP contribution in [0.2, 0.25) is 0 Å². The lowest BCUT2D eigenvalue weighted by atomic mass is 10.1. The van der Waals surface area contributed by atoms with Gasteiger partial charge in [-0.2, -0.15) is 5.10 Å². The molecule has 1 N–H and O–H groups in total. The topological polar surface area (TPSA) is 27.6 Å². The van der Waals surface area contributed by atoms with Gasteiger partial charge in [0, 0.05) is 30.2 Å². The molecule has 2 aromatic rings. The second kappa shape index (κ2) is 8.25. The van der Waals surface area contributed by atoms with E-state index >= 15 is 0 Å². The van der Waals surface area contributed by atoms with Crippen LogP contribution in [-0.2, 0) is 0 Å². The minimum atomic E-state index is -0.0543. The Morgan fingerprint density at radius 2 is 1.67 bits per heavy atom. The molecule has 1 atom stereocenters. The van der Waals surface area contributed by atoms with Crippen molar-refractivity contribution in [1.29, 1.82) is 0 Å². The first-order valence-corrected chi connectivity index (χ1v) is 9.15. The third-order valence-corrected chi connectivity index (χ3v) is 4.51. The van der Waals surface area contributed by atoms with Crippen molar-refractivity contribution >= 4 is 5.84 Å². The van der Waals surface area contributed by atoms with Crippen molar-refractivity contribution in [2.24, 2.45) is 5.10 Å². The molecule has 3 heteroatoms. The van der Waals surface area contributed by atoms with Gasteiger partial charge in [-0.3, -0.25) is 5.43 Å².